The predicted molar refractivity (Wildman–Crippen MR) is 7.61 cm³/mol. The first-order valence-corrected chi connectivity index (χ1v) is 2.19. The second-order valence-electron chi connectivity index (χ2n) is 0.447. The quantitative estimate of drug-likeness (QED) is 0.293. The van der Waals surface area contributed by atoms with Crippen molar-refractivity contribution in [1.29, 1.82) is 0 Å². The molecule has 0 N–H and O–H groups in total. The molecule has 0 unspecified atom stereocenters. The van der Waals surface area contributed by atoms with Gasteiger partial charge in [-0.2, -0.15) is 7.82 Å². The fourth-order valence-electron chi connectivity index (χ4n) is 0. The Labute approximate surface area is 81.2 Å². The normalized spacial score (nSPS) is 7.38. The Morgan fingerprint density at radius 1 is 1.12 bits per heavy atom. The molecule has 0 rings (SSSR count). The van der Waals surface area contributed by atoms with Crippen molar-refractivity contribution in [2.45, 2.75) is 0 Å². The summed E-state index contributed by atoms with van der Waals surface area (Å²) < 4.78 is 8.55. The van der Waals surface area contributed by atoms with Crippen molar-refractivity contribution in [2.75, 3.05) is 0 Å². The maximum Gasteiger partial charge on any atom is 2.00 e. The molecule has 0 atom stereocenters. The smallest absolute Gasteiger partial charge is 0.822 e. The minimum Gasteiger partial charge on any atom is -0.822 e. The van der Waals surface area contributed by atoms with Gasteiger partial charge in [-0.3, -0.25) is 0 Å². The van der Waals surface area contributed by atoms with E-state index in [9.17, 15) is 0 Å². The summed E-state index contributed by atoms with van der Waals surface area (Å²) in [6, 6.07) is 0. The van der Waals surface area contributed by atoms with E-state index in [1.54, 1.807) is 0 Å². The molecule has 0 aromatic heterocycles. The molecule has 0 heterocycles. The SMILES string of the molecule is O=P([O-])([O-])[O-].[Li+].[Mn+2].[V]. The van der Waals surface area contributed by atoms with Crippen LogP contribution in [-0.4, -0.2) is 0 Å². The topological polar surface area (TPSA) is 86.2 Å². The van der Waals surface area contributed by atoms with Crippen molar-refractivity contribution in [3.8, 4) is 0 Å². The Morgan fingerprint density at radius 3 is 1.12 bits per heavy atom. The van der Waals surface area contributed by atoms with Gasteiger partial charge in [0.2, 0.25) is 0 Å². The van der Waals surface area contributed by atoms with Crippen LogP contribution in [0.25, 0.3) is 0 Å². The molecule has 0 saturated carbocycles. The molecule has 0 aliphatic carbocycles. The van der Waals surface area contributed by atoms with E-state index in [1.165, 1.54) is 0 Å². The second-order valence-corrected chi connectivity index (χ2v) is 1.34. The average molecular weight is 208 g/mol. The van der Waals surface area contributed by atoms with Gasteiger partial charge in [0.05, 0.1) is 0 Å². The third-order valence-electron chi connectivity index (χ3n) is 0. The first kappa shape index (κ1) is 22.6. The molecular formula is LiMnO4PV. The van der Waals surface area contributed by atoms with Crippen LogP contribution in [0, 0.1) is 0 Å². The van der Waals surface area contributed by atoms with Crippen LogP contribution in [0.5, 0.6) is 0 Å². The largest absolute Gasteiger partial charge is 2.00 e. The molecule has 0 spiro atoms. The molecule has 0 amide bonds. The van der Waals surface area contributed by atoms with Crippen LogP contribution in [0.3, 0.4) is 0 Å². The van der Waals surface area contributed by atoms with Gasteiger partial charge in [0, 0.05) is 18.6 Å². The van der Waals surface area contributed by atoms with E-state index in [2.05, 4.69) is 0 Å². The molecule has 8 heteroatoms. The summed E-state index contributed by atoms with van der Waals surface area (Å²) in [5.74, 6) is 0. The summed E-state index contributed by atoms with van der Waals surface area (Å²) in [6.07, 6.45) is 0. The van der Waals surface area contributed by atoms with Crippen molar-refractivity contribution < 1.29 is 73.7 Å². The number of phosphoric acid groups is 1. The van der Waals surface area contributed by atoms with Gasteiger partial charge in [-0.25, -0.2) is 0 Å². The summed E-state index contributed by atoms with van der Waals surface area (Å²) in [4.78, 5) is 25.6. The zero-order valence-corrected chi connectivity index (χ0v) is 7.38. The average Bonchev–Trinajstić information content (AvgIpc) is 0.722. The van der Waals surface area contributed by atoms with E-state index in [-0.39, 0.29) is 54.5 Å². The van der Waals surface area contributed by atoms with Crippen molar-refractivity contribution >= 4 is 7.82 Å². The Hall–Kier alpha value is 1.81. The van der Waals surface area contributed by atoms with Gasteiger partial charge >= 0.3 is 35.9 Å². The van der Waals surface area contributed by atoms with E-state index < -0.39 is 7.82 Å². The second kappa shape index (κ2) is 8.81. The van der Waals surface area contributed by atoms with Crippen molar-refractivity contribution in [3.05, 3.63) is 0 Å². The van der Waals surface area contributed by atoms with Gasteiger partial charge in [-0.1, -0.05) is 0 Å². The third kappa shape index (κ3) is 110. The minimum atomic E-state index is -5.39. The van der Waals surface area contributed by atoms with Gasteiger partial charge in [0.25, 0.3) is 0 Å². The van der Waals surface area contributed by atoms with Gasteiger partial charge < -0.3 is 19.2 Å². The summed E-state index contributed by atoms with van der Waals surface area (Å²) in [5.41, 5.74) is 0. The van der Waals surface area contributed by atoms with Gasteiger partial charge in [0.15, 0.2) is 0 Å². The summed E-state index contributed by atoms with van der Waals surface area (Å²) in [7, 11) is -5.39. The van der Waals surface area contributed by atoms with Crippen molar-refractivity contribution in [2.24, 2.45) is 0 Å². The number of hydrogen-bond acceptors (Lipinski definition) is 4. The van der Waals surface area contributed by atoms with Gasteiger partial charge in [-0.05, 0) is 0 Å². The third-order valence-corrected chi connectivity index (χ3v) is 0. The predicted octanol–water partition coefficient (Wildman–Crippen LogP) is -5.83. The van der Waals surface area contributed by atoms with Gasteiger partial charge in [-0.15, -0.1) is 0 Å². The molecule has 8 heavy (non-hydrogen) atoms. The molecule has 0 aromatic rings. The standard InChI is InChI=1S/Li.Mn.H3O4P.V/c;;1-5(2,3)4;/h;;(H3,1,2,3,4);/q+1;+2;;/p-3. The van der Waals surface area contributed by atoms with Crippen LogP contribution in [0.15, 0.2) is 0 Å². The van der Waals surface area contributed by atoms with Crippen LogP contribution >= 0.6 is 7.82 Å². The van der Waals surface area contributed by atoms with Crippen LogP contribution in [0.2, 0.25) is 0 Å². The Kier molecular flexibility index (Phi) is 24.8. The maximum atomic E-state index is 8.55. The fourth-order valence-corrected chi connectivity index (χ4v) is 0. The molecule has 0 saturated heterocycles. The van der Waals surface area contributed by atoms with Crippen LogP contribution in [0.4, 0.5) is 0 Å². The minimum absolute atomic E-state index is 0. The number of hydrogen-bond donors (Lipinski definition) is 0. The molecule has 42 valence electrons. The van der Waals surface area contributed by atoms with E-state index in [4.69, 9.17) is 19.2 Å². The number of rotatable bonds is 0. The van der Waals surface area contributed by atoms with Gasteiger partial charge in [0.1, 0.15) is 0 Å². The molecule has 0 fully saturated rings. The first-order valence-electron chi connectivity index (χ1n) is 0.730. The van der Waals surface area contributed by atoms with E-state index >= 15 is 0 Å². The monoisotopic (exact) mass is 208 g/mol. The Balaban J connectivity index is -0.0000000267. The van der Waals surface area contributed by atoms with E-state index in [1.807, 2.05) is 0 Å². The first-order chi connectivity index (χ1) is 2.00. The summed E-state index contributed by atoms with van der Waals surface area (Å²) in [6.45, 7) is 0. The van der Waals surface area contributed by atoms with E-state index in [0.29, 0.717) is 0 Å². The van der Waals surface area contributed by atoms with Crippen LogP contribution in [-0.2, 0) is 40.2 Å². The molecule has 0 aliphatic heterocycles. The maximum absolute atomic E-state index is 8.55. The summed E-state index contributed by atoms with van der Waals surface area (Å²) in [5, 5.41) is 0. The zero-order valence-electron chi connectivity index (χ0n) is 3.91. The molecule has 0 aliphatic rings. The fraction of sp³-hybridized carbons (Fsp3) is 0. The van der Waals surface area contributed by atoms with Crippen molar-refractivity contribution in [3.63, 3.8) is 0 Å². The van der Waals surface area contributed by atoms with E-state index in [0.717, 1.165) is 0 Å². The Morgan fingerprint density at radius 2 is 1.12 bits per heavy atom. The molecule has 2 radical (unpaired) electrons. The molecule has 0 bridgehead atoms. The molecular weight excluding hydrogens is 208 g/mol. The zero-order chi connectivity index (χ0) is 4.50. The van der Waals surface area contributed by atoms with Crippen LogP contribution < -0.4 is 33.5 Å². The van der Waals surface area contributed by atoms with Crippen molar-refractivity contribution in [1.82, 2.24) is 0 Å². The molecule has 0 aromatic carbocycles. The Bertz CT molecular complexity index is 62.2. The summed E-state index contributed by atoms with van der Waals surface area (Å²) >= 11 is 0. The van der Waals surface area contributed by atoms with Crippen LogP contribution in [0.1, 0.15) is 0 Å². The molecule has 4 nitrogen and oxygen atoms in total.